The summed E-state index contributed by atoms with van der Waals surface area (Å²) in [5.41, 5.74) is 0.403. The molecule has 3 N–H and O–H groups in total. The van der Waals surface area contributed by atoms with Gasteiger partial charge in [0.15, 0.2) is 13.1 Å². The lowest BCUT2D eigenvalue weighted by molar-refractivity contribution is -0.881. The van der Waals surface area contributed by atoms with Gasteiger partial charge in [0.05, 0.1) is 11.4 Å². The molecule has 0 spiro atoms. The molecule has 26 heavy (non-hydrogen) atoms. The normalized spacial score (nSPS) is 12.9. The second-order valence-corrected chi connectivity index (χ2v) is 8.69. The number of benzene rings is 1. The minimum atomic E-state index is -3.57. The molecule has 0 bridgehead atoms. The number of likely N-dealkylation sites (N-methyl/N-ethyl adjacent to an activating group) is 1. The highest BCUT2D eigenvalue weighted by Gasteiger charge is 2.19. The second-order valence-electron chi connectivity index (χ2n) is 6.54. The van der Waals surface area contributed by atoms with Gasteiger partial charge in [0.25, 0.3) is 11.8 Å². The van der Waals surface area contributed by atoms with E-state index in [2.05, 4.69) is 10.6 Å². The zero-order valence-corrected chi connectivity index (χ0v) is 16.8. The summed E-state index contributed by atoms with van der Waals surface area (Å²) in [5.74, 6) is -0.387. The lowest BCUT2D eigenvalue weighted by Crippen LogP contribution is -3.14. The molecule has 0 radical (unpaired) electrons. The van der Waals surface area contributed by atoms with Crippen LogP contribution in [0.4, 0.5) is 5.69 Å². The van der Waals surface area contributed by atoms with Crippen LogP contribution in [-0.2, 0) is 19.6 Å². The fourth-order valence-electron chi connectivity index (χ4n) is 2.29. The highest BCUT2D eigenvalue weighted by atomic mass is 32.2. The van der Waals surface area contributed by atoms with Crippen LogP contribution in [0.25, 0.3) is 0 Å². The summed E-state index contributed by atoms with van der Waals surface area (Å²) in [6.07, 6.45) is 0. The highest BCUT2D eigenvalue weighted by Crippen LogP contribution is 2.17. The molecule has 1 atom stereocenters. The van der Waals surface area contributed by atoms with Gasteiger partial charge < -0.3 is 15.5 Å². The molecule has 0 saturated heterocycles. The lowest BCUT2D eigenvalue weighted by atomic mass is 10.3. The van der Waals surface area contributed by atoms with Crippen LogP contribution in [0, 0.1) is 0 Å². The smallest absolute Gasteiger partial charge is 0.279 e. The van der Waals surface area contributed by atoms with E-state index in [1.54, 1.807) is 12.1 Å². The molecule has 2 amide bonds. The van der Waals surface area contributed by atoms with Crippen LogP contribution >= 0.6 is 0 Å². The predicted octanol–water partition coefficient (Wildman–Crippen LogP) is -0.695. The Morgan fingerprint density at radius 1 is 1.15 bits per heavy atom. The van der Waals surface area contributed by atoms with Gasteiger partial charge in [-0.1, -0.05) is 6.07 Å². The van der Waals surface area contributed by atoms with Crippen molar-refractivity contribution in [3.8, 4) is 0 Å². The number of sulfonamides is 1. The van der Waals surface area contributed by atoms with Gasteiger partial charge in [0.2, 0.25) is 10.0 Å². The van der Waals surface area contributed by atoms with Gasteiger partial charge in [-0.15, -0.1) is 0 Å². The number of nitrogens with zero attached hydrogens (tertiary/aromatic N) is 1. The minimum absolute atomic E-state index is 0.0517. The molecule has 0 aliphatic heterocycles. The van der Waals surface area contributed by atoms with Crippen molar-refractivity contribution in [1.29, 1.82) is 0 Å². The monoisotopic (exact) mass is 385 g/mol. The molecule has 1 rings (SSSR count). The van der Waals surface area contributed by atoms with Gasteiger partial charge in [-0.25, -0.2) is 12.7 Å². The third kappa shape index (κ3) is 6.74. The van der Waals surface area contributed by atoms with Gasteiger partial charge in [0.1, 0.15) is 0 Å². The summed E-state index contributed by atoms with van der Waals surface area (Å²) in [5, 5.41) is 5.50. The average molecular weight is 386 g/mol. The number of amides is 2. The molecule has 0 fully saturated rings. The molecule has 9 heteroatoms. The van der Waals surface area contributed by atoms with E-state index in [0.717, 1.165) is 9.21 Å². The quantitative estimate of drug-likeness (QED) is 0.524. The maximum atomic E-state index is 12.3. The van der Waals surface area contributed by atoms with Gasteiger partial charge in [-0.05, 0) is 39.0 Å². The van der Waals surface area contributed by atoms with E-state index in [1.807, 2.05) is 20.8 Å². The fourth-order valence-corrected chi connectivity index (χ4v) is 3.24. The number of anilines is 1. The molecule has 0 saturated carbocycles. The maximum absolute atomic E-state index is 12.3. The molecule has 0 aliphatic rings. The molecule has 0 aliphatic carbocycles. The topological polar surface area (TPSA) is 100 Å². The second kappa shape index (κ2) is 9.65. The summed E-state index contributed by atoms with van der Waals surface area (Å²) in [6.45, 7) is 6.60. The first kappa shape index (κ1) is 22.1. The van der Waals surface area contributed by atoms with E-state index in [-0.39, 0.29) is 35.8 Å². The zero-order valence-electron chi connectivity index (χ0n) is 16.0. The predicted molar refractivity (Wildman–Crippen MR) is 100 cm³/mol. The van der Waals surface area contributed by atoms with Crippen molar-refractivity contribution in [2.24, 2.45) is 0 Å². The molecule has 1 unspecified atom stereocenters. The van der Waals surface area contributed by atoms with Crippen molar-refractivity contribution in [3.63, 3.8) is 0 Å². The molecule has 0 heterocycles. The summed E-state index contributed by atoms with van der Waals surface area (Å²) < 4.78 is 25.5. The van der Waals surface area contributed by atoms with Crippen LogP contribution in [0.3, 0.4) is 0 Å². The number of nitrogens with one attached hydrogen (secondary N) is 3. The van der Waals surface area contributed by atoms with Crippen LogP contribution in [0.1, 0.15) is 20.8 Å². The largest absolute Gasteiger partial charge is 0.349 e. The molecule has 1 aromatic carbocycles. The average Bonchev–Trinajstić information content (AvgIpc) is 2.53. The van der Waals surface area contributed by atoms with Crippen molar-refractivity contribution in [2.45, 2.75) is 31.7 Å². The fraction of sp³-hybridized carbons (Fsp3) is 0.529. The first-order chi connectivity index (χ1) is 12.1. The third-order valence-corrected chi connectivity index (χ3v) is 5.48. The van der Waals surface area contributed by atoms with E-state index < -0.39 is 10.0 Å². The van der Waals surface area contributed by atoms with Crippen LogP contribution in [0.15, 0.2) is 29.2 Å². The first-order valence-electron chi connectivity index (χ1n) is 8.51. The van der Waals surface area contributed by atoms with E-state index in [4.69, 9.17) is 0 Å². The van der Waals surface area contributed by atoms with Crippen molar-refractivity contribution in [1.82, 2.24) is 9.62 Å². The van der Waals surface area contributed by atoms with E-state index in [0.29, 0.717) is 12.2 Å². The molecule has 0 aromatic heterocycles. The van der Waals surface area contributed by atoms with Crippen LogP contribution < -0.4 is 15.5 Å². The van der Waals surface area contributed by atoms with Gasteiger partial charge in [-0.3, -0.25) is 9.59 Å². The standard InChI is InChI=1S/C17H28N4O4S/c1-6-21(11-16(22)18-13(2)3)12-17(23)19-14-8-7-9-15(10-14)26(24,25)20(4)5/h7-10,13H,6,11-12H2,1-5H3,(H,18,22)(H,19,23)/p+1. The number of carbonyl (C=O) groups excluding carboxylic acids is 2. The summed E-state index contributed by atoms with van der Waals surface area (Å²) >= 11 is 0. The highest BCUT2D eigenvalue weighted by molar-refractivity contribution is 7.89. The van der Waals surface area contributed by atoms with Gasteiger partial charge in [-0.2, -0.15) is 0 Å². The van der Waals surface area contributed by atoms with Gasteiger partial charge >= 0.3 is 0 Å². The Morgan fingerprint density at radius 3 is 2.31 bits per heavy atom. The third-order valence-electron chi connectivity index (χ3n) is 3.67. The Hall–Kier alpha value is -1.97. The Kier molecular flexibility index (Phi) is 8.19. The number of hydrogen-bond acceptors (Lipinski definition) is 4. The Balaban J connectivity index is 2.74. The van der Waals surface area contributed by atoms with Crippen molar-refractivity contribution >= 4 is 27.5 Å². The van der Waals surface area contributed by atoms with Crippen molar-refractivity contribution in [2.75, 3.05) is 39.0 Å². The zero-order chi connectivity index (χ0) is 19.9. The minimum Gasteiger partial charge on any atom is -0.349 e. The molecule has 146 valence electrons. The Labute approximate surface area is 155 Å². The van der Waals surface area contributed by atoms with Crippen molar-refractivity contribution < 1.29 is 22.9 Å². The van der Waals surface area contributed by atoms with Crippen LogP contribution in [0.2, 0.25) is 0 Å². The maximum Gasteiger partial charge on any atom is 0.279 e. The summed E-state index contributed by atoms with van der Waals surface area (Å²) in [7, 11) is -0.667. The Bertz CT molecular complexity index is 732. The molecular weight excluding hydrogens is 356 g/mol. The summed E-state index contributed by atoms with van der Waals surface area (Å²) in [6, 6.07) is 6.15. The van der Waals surface area contributed by atoms with Crippen LogP contribution in [0.5, 0.6) is 0 Å². The summed E-state index contributed by atoms with van der Waals surface area (Å²) in [4.78, 5) is 25.0. The van der Waals surface area contributed by atoms with E-state index >= 15 is 0 Å². The molecular formula is C17H29N4O4S+. The number of rotatable bonds is 9. The SMILES string of the molecule is CC[NH+](CC(=O)Nc1cccc(S(=O)(=O)N(C)C)c1)CC(=O)NC(C)C. The Morgan fingerprint density at radius 2 is 1.77 bits per heavy atom. The lowest BCUT2D eigenvalue weighted by Gasteiger charge is -2.18. The van der Waals surface area contributed by atoms with Gasteiger partial charge in [0, 0.05) is 25.8 Å². The van der Waals surface area contributed by atoms with Crippen molar-refractivity contribution in [3.05, 3.63) is 24.3 Å². The first-order valence-corrected chi connectivity index (χ1v) is 9.95. The number of quaternary nitrogens is 1. The molecule has 1 aromatic rings. The van der Waals surface area contributed by atoms with Crippen LogP contribution in [-0.4, -0.2) is 64.3 Å². The number of carbonyl (C=O) groups is 2. The molecule has 8 nitrogen and oxygen atoms in total. The number of hydrogen-bond donors (Lipinski definition) is 3. The van der Waals surface area contributed by atoms with E-state index in [1.165, 1.54) is 26.2 Å². The van der Waals surface area contributed by atoms with E-state index in [9.17, 15) is 18.0 Å².